The average molecular weight is 366 g/mol. The second kappa shape index (κ2) is 6.24. The number of nitrogens with one attached hydrogen (secondary N) is 1. The van der Waals surface area contributed by atoms with E-state index in [1.165, 1.54) is 0 Å². The number of aromatic nitrogens is 1. The number of hydrogen-bond acceptors (Lipinski definition) is 4. The fourth-order valence-electron chi connectivity index (χ4n) is 1.76. The lowest BCUT2D eigenvalue weighted by molar-refractivity contribution is 0.600. The van der Waals surface area contributed by atoms with E-state index in [9.17, 15) is 8.42 Å². The van der Waals surface area contributed by atoms with Crippen LogP contribution in [0, 0.1) is 18.3 Å². The Hall–Kier alpha value is -1.91. The van der Waals surface area contributed by atoms with E-state index in [0.29, 0.717) is 16.8 Å². The minimum atomic E-state index is -3.63. The Labute approximate surface area is 131 Å². The number of hydrogen-bond donors (Lipinski definition) is 1. The molecule has 0 aliphatic carbocycles. The summed E-state index contributed by atoms with van der Waals surface area (Å²) in [7, 11) is -3.63. The predicted octanol–water partition coefficient (Wildman–Crippen LogP) is 2.97. The first-order valence-corrected chi connectivity index (χ1v) is 8.47. The largest absolute Gasteiger partial charge is 0.267 e. The fraction of sp³-hybridized carbons (Fsp3) is 0.143. The van der Waals surface area contributed by atoms with Crippen molar-refractivity contribution in [3.8, 4) is 6.07 Å². The molecule has 0 spiro atoms. The molecule has 0 bridgehead atoms. The van der Waals surface area contributed by atoms with Crippen molar-refractivity contribution in [3.05, 3.63) is 57.7 Å². The van der Waals surface area contributed by atoms with Gasteiger partial charge in [0.15, 0.2) is 0 Å². The van der Waals surface area contributed by atoms with Gasteiger partial charge >= 0.3 is 0 Å². The fourth-order valence-corrected chi connectivity index (χ4v) is 3.14. The van der Waals surface area contributed by atoms with Crippen LogP contribution in [0.5, 0.6) is 0 Å². The summed E-state index contributed by atoms with van der Waals surface area (Å²) in [5.41, 5.74) is 1.50. The molecule has 0 amide bonds. The molecule has 0 saturated heterocycles. The molecule has 108 valence electrons. The van der Waals surface area contributed by atoms with E-state index in [0.717, 1.165) is 4.47 Å². The van der Waals surface area contributed by atoms with Gasteiger partial charge < -0.3 is 0 Å². The molecular weight excluding hydrogens is 354 g/mol. The highest BCUT2D eigenvalue weighted by molar-refractivity contribution is 9.10. The lowest BCUT2D eigenvalue weighted by Gasteiger charge is -2.09. The van der Waals surface area contributed by atoms with Gasteiger partial charge in [-0.15, -0.1) is 0 Å². The Morgan fingerprint density at radius 1 is 1.29 bits per heavy atom. The summed E-state index contributed by atoms with van der Waals surface area (Å²) < 4.78 is 27.5. The first-order valence-electron chi connectivity index (χ1n) is 6.03. The van der Waals surface area contributed by atoms with Gasteiger partial charge in [0.25, 0.3) is 0 Å². The van der Waals surface area contributed by atoms with E-state index in [-0.39, 0.29) is 11.6 Å². The number of nitriles is 1. The van der Waals surface area contributed by atoms with Crippen LogP contribution in [-0.4, -0.2) is 13.4 Å². The lowest BCUT2D eigenvalue weighted by atomic mass is 10.1. The summed E-state index contributed by atoms with van der Waals surface area (Å²) in [6.07, 6.45) is 0. The molecule has 0 aliphatic rings. The Morgan fingerprint density at radius 2 is 2.00 bits per heavy atom. The summed E-state index contributed by atoms with van der Waals surface area (Å²) in [5, 5.41) is 8.99. The molecule has 7 heteroatoms. The number of pyridine rings is 1. The van der Waals surface area contributed by atoms with Gasteiger partial charge in [-0.25, -0.2) is 13.4 Å². The van der Waals surface area contributed by atoms with Crippen LogP contribution in [0.4, 0.5) is 5.82 Å². The van der Waals surface area contributed by atoms with Crippen molar-refractivity contribution in [2.24, 2.45) is 0 Å². The number of anilines is 1. The zero-order valence-corrected chi connectivity index (χ0v) is 13.6. The van der Waals surface area contributed by atoms with Crippen LogP contribution in [0.3, 0.4) is 0 Å². The molecule has 1 heterocycles. The monoisotopic (exact) mass is 365 g/mol. The molecule has 0 fully saturated rings. The average Bonchev–Trinajstić information content (AvgIpc) is 2.43. The minimum Gasteiger partial charge on any atom is -0.267 e. The van der Waals surface area contributed by atoms with Crippen molar-refractivity contribution in [2.75, 3.05) is 4.72 Å². The van der Waals surface area contributed by atoms with Gasteiger partial charge in [0.1, 0.15) is 5.82 Å². The van der Waals surface area contributed by atoms with E-state index >= 15 is 0 Å². The third kappa shape index (κ3) is 4.03. The van der Waals surface area contributed by atoms with Gasteiger partial charge in [0.05, 0.1) is 23.1 Å². The van der Waals surface area contributed by atoms with E-state index in [2.05, 4.69) is 25.6 Å². The molecule has 0 aliphatic heterocycles. The molecule has 21 heavy (non-hydrogen) atoms. The molecule has 0 atom stereocenters. The van der Waals surface area contributed by atoms with Gasteiger partial charge in [0.2, 0.25) is 10.0 Å². The van der Waals surface area contributed by atoms with Crippen LogP contribution in [-0.2, 0) is 15.8 Å². The quantitative estimate of drug-likeness (QED) is 0.902. The van der Waals surface area contributed by atoms with Crippen molar-refractivity contribution >= 4 is 31.8 Å². The zero-order chi connectivity index (χ0) is 15.5. The molecule has 2 aromatic rings. The van der Waals surface area contributed by atoms with Crippen molar-refractivity contribution < 1.29 is 8.42 Å². The van der Waals surface area contributed by atoms with Crippen LogP contribution in [0.25, 0.3) is 0 Å². The normalized spacial score (nSPS) is 10.9. The van der Waals surface area contributed by atoms with Gasteiger partial charge in [0, 0.05) is 4.47 Å². The molecule has 0 radical (unpaired) electrons. The van der Waals surface area contributed by atoms with Crippen LogP contribution in [0.15, 0.2) is 40.9 Å². The third-order valence-corrected chi connectivity index (χ3v) is 4.81. The number of benzene rings is 1. The van der Waals surface area contributed by atoms with Crippen LogP contribution >= 0.6 is 15.9 Å². The number of nitrogens with zero attached hydrogens (tertiary/aromatic N) is 2. The molecule has 0 saturated carbocycles. The highest BCUT2D eigenvalue weighted by Gasteiger charge is 2.15. The summed E-state index contributed by atoms with van der Waals surface area (Å²) in [6.45, 7) is 1.77. The predicted molar refractivity (Wildman–Crippen MR) is 84.1 cm³/mol. The maximum absolute atomic E-state index is 12.2. The maximum atomic E-state index is 12.2. The molecule has 5 nitrogen and oxygen atoms in total. The number of rotatable bonds is 4. The maximum Gasteiger partial charge on any atom is 0.238 e. The molecule has 1 aromatic heterocycles. The standard InChI is InChI=1S/C14H12BrN3O2S/c1-10-13(15)6-7-14(17-10)18-21(19,20)9-12-5-3-2-4-11(12)8-16/h2-7H,9H2,1H3,(H,17,18). The molecule has 2 rings (SSSR count). The minimum absolute atomic E-state index is 0.255. The first kappa shape index (κ1) is 15.5. The Morgan fingerprint density at radius 3 is 2.67 bits per heavy atom. The van der Waals surface area contributed by atoms with Crippen LogP contribution < -0.4 is 4.72 Å². The van der Waals surface area contributed by atoms with E-state index in [4.69, 9.17) is 5.26 Å². The SMILES string of the molecule is Cc1nc(NS(=O)(=O)Cc2ccccc2C#N)ccc1Br. The van der Waals surface area contributed by atoms with Crippen molar-refractivity contribution in [1.82, 2.24) is 4.98 Å². The van der Waals surface area contributed by atoms with Crippen molar-refractivity contribution in [2.45, 2.75) is 12.7 Å². The van der Waals surface area contributed by atoms with Crippen molar-refractivity contribution in [1.29, 1.82) is 5.26 Å². The topological polar surface area (TPSA) is 82.8 Å². The lowest BCUT2D eigenvalue weighted by Crippen LogP contribution is -2.16. The first-order chi connectivity index (χ1) is 9.91. The molecule has 0 unspecified atom stereocenters. The zero-order valence-electron chi connectivity index (χ0n) is 11.2. The smallest absolute Gasteiger partial charge is 0.238 e. The number of halogens is 1. The second-order valence-corrected chi connectivity index (χ2v) is 6.97. The van der Waals surface area contributed by atoms with Crippen molar-refractivity contribution in [3.63, 3.8) is 0 Å². The summed E-state index contributed by atoms with van der Waals surface area (Å²) in [4.78, 5) is 4.14. The molecule has 1 N–H and O–H groups in total. The molecular formula is C14H12BrN3O2S. The highest BCUT2D eigenvalue weighted by atomic mass is 79.9. The van der Waals surface area contributed by atoms with Gasteiger partial charge in [-0.05, 0) is 46.6 Å². The Balaban J connectivity index is 2.23. The second-order valence-electron chi connectivity index (χ2n) is 4.39. The van der Waals surface area contributed by atoms with Gasteiger partial charge in [-0.1, -0.05) is 18.2 Å². The van der Waals surface area contributed by atoms with E-state index in [1.54, 1.807) is 43.3 Å². The van der Waals surface area contributed by atoms with E-state index in [1.807, 2.05) is 6.07 Å². The highest BCUT2D eigenvalue weighted by Crippen LogP contribution is 2.18. The van der Waals surface area contributed by atoms with Crippen LogP contribution in [0.2, 0.25) is 0 Å². The summed E-state index contributed by atoms with van der Waals surface area (Å²) >= 11 is 3.31. The van der Waals surface area contributed by atoms with Crippen LogP contribution in [0.1, 0.15) is 16.8 Å². The number of aryl methyl sites for hydroxylation is 1. The summed E-state index contributed by atoms with van der Waals surface area (Å²) in [5.74, 6) is -0.0156. The van der Waals surface area contributed by atoms with Gasteiger partial charge in [-0.3, -0.25) is 4.72 Å². The third-order valence-electron chi connectivity index (χ3n) is 2.76. The molecule has 1 aromatic carbocycles. The number of sulfonamides is 1. The Bertz CT molecular complexity index is 813. The van der Waals surface area contributed by atoms with E-state index < -0.39 is 10.0 Å². The Kier molecular flexibility index (Phi) is 4.60. The van der Waals surface area contributed by atoms with Gasteiger partial charge in [-0.2, -0.15) is 5.26 Å². The summed E-state index contributed by atoms with van der Waals surface area (Å²) in [6, 6.07) is 11.9.